The largest absolute Gasteiger partial charge is 0.324 e. The van der Waals surface area contributed by atoms with E-state index in [1.54, 1.807) is 16.9 Å². The standard InChI is InChI=1S/C29H33FN6O/c1-28(2,3)23-13-20(9-11-24(23)30)35-25-21(26(37)36(35)19-7-8-19)15-32-27(34-25)33-18-6-10-22-17(12-18)14-31-16-29(22,4)5/h6,9-13,15,19,31H,7-8,14,16H2,1-5H3,(H,32,33,34). The Morgan fingerprint density at radius 1 is 1.14 bits per heavy atom. The van der Waals surface area contributed by atoms with Gasteiger partial charge in [0.2, 0.25) is 5.95 Å². The average molecular weight is 501 g/mol. The fourth-order valence-corrected chi connectivity index (χ4v) is 5.39. The molecular formula is C29H33FN6O. The maximum Gasteiger partial charge on any atom is 0.278 e. The zero-order valence-corrected chi connectivity index (χ0v) is 22.0. The van der Waals surface area contributed by atoms with Crippen LogP contribution < -0.4 is 16.2 Å². The van der Waals surface area contributed by atoms with Crippen LogP contribution in [0.25, 0.3) is 16.7 Å². The first kappa shape index (κ1) is 23.9. The molecular weight excluding hydrogens is 467 g/mol. The van der Waals surface area contributed by atoms with E-state index in [9.17, 15) is 9.18 Å². The SMILES string of the molecule is CC(C)(C)c1cc(-n2c3nc(Nc4ccc5c(c4)CNCC5(C)C)ncc3c(=O)n2C2CC2)ccc1F. The van der Waals surface area contributed by atoms with E-state index in [1.807, 2.05) is 31.5 Å². The van der Waals surface area contributed by atoms with Gasteiger partial charge >= 0.3 is 0 Å². The lowest BCUT2D eigenvalue weighted by Crippen LogP contribution is -2.38. The molecule has 2 aromatic heterocycles. The highest BCUT2D eigenvalue weighted by Crippen LogP contribution is 2.37. The van der Waals surface area contributed by atoms with Crippen LogP contribution in [-0.4, -0.2) is 25.9 Å². The van der Waals surface area contributed by atoms with Crippen LogP contribution in [0.2, 0.25) is 0 Å². The van der Waals surface area contributed by atoms with Gasteiger partial charge in [-0.25, -0.2) is 18.7 Å². The highest BCUT2D eigenvalue weighted by atomic mass is 19.1. The first-order valence-corrected chi connectivity index (χ1v) is 12.9. The fourth-order valence-electron chi connectivity index (χ4n) is 5.39. The summed E-state index contributed by atoms with van der Waals surface area (Å²) in [5, 5.41) is 7.28. The van der Waals surface area contributed by atoms with Gasteiger partial charge in [0.05, 0.1) is 11.7 Å². The van der Waals surface area contributed by atoms with Gasteiger partial charge in [-0.15, -0.1) is 0 Å². The third-order valence-electron chi connectivity index (χ3n) is 7.49. The average Bonchev–Trinajstić information content (AvgIpc) is 3.62. The minimum atomic E-state index is -0.384. The van der Waals surface area contributed by atoms with Crippen molar-refractivity contribution in [1.82, 2.24) is 24.6 Å². The molecule has 0 saturated heterocycles. The van der Waals surface area contributed by atoms with E-state index in [0.29, 0.717) is 22.5 Å². The molecule has 7 nitrogen and oxygen atoms in total. The zero-order chi connectivity index (χ0) is 26.1. The Morgan fingerprint density at radius 3 is 2.65 bits per heavy atom. The topological polar surface area (TPSA) is 76.8 Å². The number of hydrogen-bond donors (Lipinski definition) is 2. The summed E-state index contributed by atoms with van der Waals surface area (Å²) in [7, 11) is 0. The number of aromatic nitrogens is 4. The lowest BCUT2D eigenvalue weighted by Gasteiger charge is -2.33. The van der Waals surface area contributed by atoms with Crippen molar-refractivity contribution in [1.29, 1.82) is 0 Å². The third kappa shape index (κ3) is 4.13. The highest BCUT2D eigenvalue weighted by Gasteiger charge is 2.32. The number of nitrogens with one attached hydrogen (secondary N) is 2. The number of anilines is 2. The molecule has 0 radical (unpaired) electrons. The van der Waals surface area contributed by atoms with E-state index in [1.165, 1.54) is 17.2 Å². The van der Waals surface area contributed by atoms with Gasteiger partial charge < -0.3 is 10.6 Å². The van der Waals surface area contributed by atoms with Gasteiger partial charge in [0.15, 0.2) is 5.65 Å². The predicted molar refractivity (Wildman–Crippen MR) is 145 cm³/mol. The molecule has 8 heteroatoms. The van der Waals surface area contributed by atoms with Gasteiger partial charge in [0.25, 0.3) is 5.56 Å². The zero-order valence-electron chi connectivity index (χ0n) is 22.0. The predicted octanol–water partition coefficient (Wildman–Crippen LogP) is 5.48. The molecule has 1 aliphatic heterocycles. The summed E-state index contributed by atoms with van der Waals surface area (Å²) in [5.41, 5.74) is 4.89. The summed E-state index contributed by atoms with van der Waals surface area (Å²) < 4.78 is 18.3. The summed E-state index contributed by atoms with van der Waals surface area (Å²) in [4.78, 5) is 22.7. The Kier molecular flexibility index (Phi) is 5.32. The van der Waals surface area contributed by atoms with Crippen LogP contribution >= 0.6 is 0 Å². The molecule has 0 spiro atoms. The molecule has 2 N–H and O–H groups in total. The molecule has 37 heavy (non-hydrogen) atoms. The first-order valence-electron chi connectivity index (χ1n) is 12.9. The van der Waals surface area contributed by atoms with Crippen molar-refractivity contribution >= 4 is 22.7 Å². The molecule has 0 atom stereocenters. The fraction of sp³-hybridized carbons (Fsp3) is 0.414. The van der Waals surface area contributed by atoms with Crippen molar-refractivity contribution in [3.8, 4) is 5.69 Å². The van der Waals surface area contributed by atoms with E-state index >= 15 is 0 Å². The van der Waals surface area contributed by atoms with E-state index in [-0.39, 0.29) is 28.2 Å². The second-order valence-corrected chi connectivity index (χ2v) is 12.0. The summed E-state index contributed by atoms with van der Waals surface area (Å²) in [6, 6.07) is 11.5. The highest BCUT2D eigenvalue weighted by molar-refractivity contribution is 5.77. The van der Waals surface area contributed by atoms with Gasteiger partial charge in [-0.05, 0) is 65.3 Å². The number of nitrogens with zero attached hydrogens (tertiary/aromatic N) is 4. The van der Waals surface area contributed by atoms with Gasteiger partial charge in [0, 0.05) is 30.4 Å². The molecule has 2 aromatic carbocycles. The van der Waals surface area contributed by atoms with Crippen LogP contribution in [0.15, 0.2) is 47.4 Å². The summed E-state index contributed by atoms with van der Waals surface area (Å²) in [5.74, 6) is 0.158. The molecule has 1 aliphatic carbocycles. The maximum atomic E-state index is 14.7. The van der Waals surface area contributed by atoms with Crippen molar-refractivity contribution in [2.24, 2.45) is 0 Å². The van der Waals surface area contributed by atoms with Crippen LogP contribution in [0.1, 0.15) is 70.2 Å². The molecule has 2 aliphatic rings. The van der Waals surface area contributed by atoms with E-state index in [0.717, 1.165) is 37.3 Å². The van der Waals surface area contributed by atoms with Gasteiger partial charge in [-0.2, -0.15) is 4.98 Å². The lowest BCUT2D eigenvalue weighted by atomic mass is 9.79. The normalized spacial score (nSPS) is 17.1. The summed E-state index contributed by atoms with van der Waals surface area (Å²) in [6.07, 6.45) is 3.46. The third-order valence-corrected chi connectivity index (χ3v) is 7.49. The van der Waals surface area contributed by atoms with Gasteiger partial charge in [0.1, 0.15) is 11.2 Å². The molecule has 192 valence electrons. The van der Waals surface area contributed by atoms with Gasteiger partial charge in [-0.3, -0.25) is 4.79 Å². The second kappa shape index (κ2) is 8.25. The van der Waals surface area contributed by atoms with Crippen molar-refractivity contribution in [2.45, 2.75) is 70.9 Å². The van der Waals surface area contributed by atoms with Crippen LogP contribution in [0.5, 0.6) is 0 Å². The van der Waals surface area contributed by atoms with Crippen molar-refractivity contribution in [3.63, 3.8) is 0 Å². The van der Waals surface area contributed by atoms with Crippen LogP contribution in [-0.2, 0) is 17.4 Å². The molecule has 4 aromatic rings. The minimum absolute atomic E-state index is 0.0738. The van der Waals surface area contributed by atoms with Crippen molar-refractivity contribution in [2.75, 3.05) is 11.9 Å². The Morgan fingerprint density at radius 2 is 1.92 bits per heavy atom. The number of hydrogen-bond acceptors (Lipinski definition) is 5. The Labute approximate surface area is 215 Å². The smallest absolute Gasteiger partial charge is 0.278 e. The quantitative estimate of drug-likeness (QED) is 0.388. The minimum Gasteiger partial charge on any atom is -0.324 e. The molecule has 0 unspecified atom stereocenters. The van der Waals surface area contributed by atoms with Crippen LogP contribution in [0.4, 0.5) is 16.0 Å². The van der Waals surface area contributed by atoms with E-state index in [4.69, 9.17) is 4.98 Å². The summed E-state index contributed by atoms with van der Waals surface area (Å²) in [6.45, 7) is 12.2. The van der Waals surface area contributed by atoms with Crippen LogP contribution in [0.3, 0.4) is 0 Å². The maximum absolute atomic E-state index is 14.7. The second-order valence-electron chi connectivity index (χ2n) is 12.0. The first-order chi connectivity index (χ1) is 17.5. The monoisotopic (exact) mass is 500 g/mol. The Hall–Kier alpha value is -3.52. The van der Waals surface area contributed by atoms with Crippen molar-refractivity contribution < 1.29 is 4.39 Å². The Bertz CT molecular complexity index is 1590. The van der Waals surface area contributed by atoms with E-state index in [2.05, 4.69) is 47.7 Å². The van der Waals surface area contributed by atoms with Gasteiger partial charge in [-0.1, -0.05) is 40.7 Å². The lowest BCUT2D eigenvalue weighted by molar-refractivity contribution is 0.435. The van der Waals surface area contributed by atoms with E-state index < -0.39 is 0 Å². The number of benzene rings is 2. The number of halogens is 1. The number of rotatable bonds is 4. The van der Waals surface area contributed by atoms with Crippen LogP contribution in [0, 0.1) is 5.82 Å². The van der Waals surface area contributed by atoms with Crippen molar-refractivity contribution in [3.05, 3.63) is 75.5 Å². The molecule has 0 amide bonds. The molecule has 6 rings (SSSR count). The Balaban J connectivity index is 1.46. The number of fused-ring (bicyclic) bond motifs is 2. The molecule has 1 fully saturated rings. The summed E-state index contributed by atoms with van der Waals surface area (Å²) >= 11 is 0. The molecule has 1 saturated carbocycles. The molecule has 3 heterocycles. The molecule has 0 bridgehead atoms.